The van der Waals surface area contributed by atoms with Crippen LogP contribution in [0.25, 0.3) is 10.9 Å². The molecule has 112 valence electrons. The van der Waals surface area contributed by atoms with E-state index in [1.165, 1.54) is 33.4 Å². The molecule has 0 atom stereocenters. The molecule has 0 spiro atoms. The smallest absolute Gasteiger partial charge is 0.0755 e. The highest BCUT2D eigenvalue weighted by Crippen LogP contribution is 2.30. The Morgan fingerprint density at radius 1 is 1.14 bits per heavy atom. The van der Waals surface area contributed by atoms with Crippen LogP contribution in [0.5, 0.6) is 0 Å². The largest absolute Gasteiger partial charge is 0.368 e. The molecule has 0 saturated carbocycles. The van der Waals surface area contributed by atoms with Gasteiger partial charge in [-0.25, -0.2) is 0 Å². The Hall–Kier alpha value is -1.61. The third kappa shape index (κ3) is 2.88. The van der Waals surface area contributed by atoms with E-state index in [-0.39, 0.29) is 0 Å². The molecule has 0 unspecified atom stereocenters. The van der Waals surface area contributed by atoms with Crippen LogP contribution >= 0.6 is 0 Å². The van der Waals surface area contributed by atoms with Crippen LogP contribution in [0.2, 0.25) is 0 Å². The van der Waals surface area contributed by atoms with E-state index in [0.29, 0.717) is 0 Å². The SMILES string of the molecule is CCCc1cc(N2CCNCC2)c2cc(C)cc(C)c2n1. The number of benzene rings is 1. The van der Waals surface area contributed by atoms with Crippen molar-refractivity contribution in [3.05, 3.63) is 35.0 Å². The number of fused-ring (bicyclic) bond motifs is 1. The number of hydrogen-bond donors (Lipinski definition) is 1. The van der Waals surface area contributed by atoms with Crippen LogP contribution < -0.4 is 10.2 Å². The Labute approximate surface area is 127 Å². The number of pyridine rings is 1. The molecule has 1 aliphatic heterocycles. The minimum absolute atomic E-state index is 1.06. The van der Waals surface area contributed by atoms with Gasteiger partial charge in [0.05, 0.1) is 5.52 Å². The topological polar surface area (TPSA) is 28.2 Å². The van der Waals surface area contributed by atoms with Crippen molar-refractivity contribution in [1.29, 1.82) is 0 Å². The lowest BCUT2D eigenvalue weighted by atomic mass is 10.0. The highest BCUT2D eigenvalue weighted by Gasteiger charge is 2.16. The first-order valence-corrected chi connectivity index (χ1v) is 8.05. The van der Waals surface area contributed by atoms with Gasteiger partial charge in [-0.2, -0.15) is 0 Å². The van der Waals surface area contributed by atoms with Gasteiger partial charge in [-0.15, -0.1) is 0 Å². The molecule has 0 radical (unpaired) electrons. The summed E-state index contributed by atoms with van der Waals surface area (Å²) in [5.74, 6) is 0. The molecular formula is C18H25N3. The first-order valence-electron chi connectivity index (χ1n) is 8.05. The molecule has 2 aromatic rings. The monoisotopic (exact) mass is 283 g/mol. The molecule has 0 bridgehead atoms. The van der Waals surface area contributed by atoms with Crippen molar-refractivity contribution in [2.45, 2.75) is 33.6 Å². The molecule has 3 nitrogen and oxygen atoms in total. The minimum atomic E-state index is 1.06. The van der Waals surface area contributed by atoms with Crippen LogP contribution in [-0.2, 0) is 6.42 Å². The predicted octanol–water partition coefficient (Wildman–Crippen LogP) is 3.21. The maximum Gasteiger partial charge on any atom is 0.0755 e. The lowest BCUT2D eigenvalue weighted by Gasteiger charge is -2.31. The molecule has 3 rings (SSSR count). The van der Waals surface area contributed by atoms with Gasteiger partial charge in [-0.1, -0.05) is 25.0 Å². The van der Waals surface area contributed by atoms with E-state index in [1.807, 2.05) is 0 Å². The second-order valence-corrected chi connectivity index (χ2v) is 6.10. The highest BCUT2D eigenvalue weighted by molar-refractivity contribution is 5.94. The fourth-order valence-electron chi connectivity index (χ4n) is 3.27. The van der Waals surface area contributed by atoms with Crippen LogP contribution in [0.15, 0.2) is 18.2 Å². The zero-order valence-corrected chi connectivity index (χ0v) is 13.4. The molecule has 1 aliphatic rings. The van der Waals surface area contributed by atoms with Gasteiger partial charge in [0.15, 0.2) is 0 Å². The second-order valence-electron chi connectivity index (χ2n) is 6.10. The number of aryl methyl sites for hydroxylation is 3. The molecule has 0 amide bonds. The van der Waals surface area contributed by atoms with Crippen molar-refractivity contribution in [1.82, 2.24) is 10.3 Å². The van der Waals surface area contributed by atoms with Gasteiger partial charge in [-0.3, -0.25) is 4.98 Å². The van der Waals surface area contributed by atoms with Crippen molar-refractivity contribution < 1.29 is 0 Å². The summed E-state index contributed by atoms with van der Waals surface area (Å²) >= 11 is 0. The highest BCUT2D eigenvalue weighted by atomic mass is 15.2. The molecular weight excluding hydrogens is 258 g/mol. The van der Waals surface area contributed by atoms with Crippen LogP contribution in [0.3, 0.4) is 0 Å². The summed E-state index contributed by atoms with van der Waals surface area (Å²) in [7, 11) is 0. The summed E-state index contributed by atoms with van der Waals surface area (Å²) in [5, 5.41) is 4.75. The van der Waals surface area contributed by atoms with Gasteiger partial charge in [0.2, 0.25) is 0 Å². The van der Waals surface area contributed by atoms with Gasteiger partial charge in [0, 0.05) is 42.9 Å². The first kappa shape index (κ1) is 14.3. The van der Waals surface area contributed by atoms with Crippen molar-refractivity contribution in [2.75, 3.05) is 31.1 Å². The van der Waals surface area contributed by atoms with E-state index in [1.54, 1.807) is 0 Å². The van der Waals surface area contributed by atoms with E-state index in [0.717, 1.165) is 39.0 Å². The van der Waals surface area contributed by atoms with Gasteiger partial charge in [-0.05, 0) is 38.0 Å². The van der Waals surface area contributed by atoms with Crippen molar-refractivity contribution in [2.24, 2.45) is 0 Å². The van der Waals surface area contributed by atoms with Crippen LogP contribution in [-0.4, -0.2) is 31.2 Å². The summed E-state index contributed by atoms with van der Waals surface area (Å²) in [6.07, 6.45) is 2.20. The van der Waals surface area contributed by atoms with E-state index in [2.05, 4.69) is 49.2 Å². The van der Waals surface area contributed by atoms with E-state index >= 15 is 0 Å². The normalized spacial score (nSPS) is 15.7. The summed E-state index contributed by atoms with van der Waals surface area (Å²) in [6, 6.07) is 6.85. The third-order valence-corrected chi connectivity index (χ3v) is 4.24. The Morgan fingerprint density at radius 2 is 1.90 bits per heavy atom. The zero-order chi connectivity index (χ0) is 14.8. The molecule has 1 aromatic carbocycles. The first-order chi connectivity index (χ1) is 10.2. The molecule has 1 aromatic heterocycles. The maximum atomic E-state index is 4.92. The summed E-state index contributed by atoms with van der Waals surface area (Å²) in [5.41, 5.74) is 6.39. The Kier molecular flexibility index (Phi) is 4.11. The molecule has 0 aliphatic carbocycles. The molecule has 1 N–H and O–H groups in total. The number of nitrogens with one attached hydrogen (secondary N) is 1. The number of nitrogens with zero attached hydrogens (tertiary/aromatic N) is 2. The molecule has 1 fully saturated rings. The summed E-state index contributed by atoms with van der Waals surface area (Å²) < 4.78 is 0. The van der Waals surface area contributed by atoms with Crippen LogP contribution in [0.4, 0.5) is 5.69 Å². The average Bonchev–Trinajstić information content (AvgIpc) is 2.48. The zero-order valence-electron chi connectivity index (χ0n) is 13.4. The number of anilines is 1. The molecule has 3 heteroatoms. The van der Waals surface area contributed by atoms with Crippen molar-refractivity contribution in [3.63, 3.8) is 0 Å². The van der Waals surface area contributed by atoms with Crippen LogP contribution in [0, 0.1) is 13.8 Å². The van der Waals surface area contributed by atoms with E-state index in [9.17, 15) is 0 Å². The summed E-state index contributed by atoms with van der Waals surface area (Å²) in [6.45, 7) is 10.9. The second kappa shape index (κ2) is 6.02. The number of piperazine rings is 1. The third-order valence-electron chi connectivity index (χ3n) is 4.24. The van der Waals surface area contributed by atoms with E-state index in [4.69, 9.17) is 4.98 Å². The summed E-state index contributed by atoms with van der Waals surface area (Å²) in [4.78, 5) is 7.43. The lowest BCUT2D eigenvalue weighted by molar-refractivity contribution is 0.590. The molecule has 21 heavy (non-hydrogen) atoms. The lowest BCUT2D eigenvalue weighted by Crippen LogP contribution is -2.43. The molecule has 2 heterocycles. The van der Waals surface area contributed by atoms with Gasteiger partial charge >= 0.3 is 0 Å². The van der Waals surface area contributed by atoms with Gasteiger partial charge in [0.25, 0.3) is 0 Å². The predicted molar refractivity (Wildman–Crippen MR) is 90.3 cm³/mol. The Bertz CT molecular complexity index is 642. The van der Waals surface area contributed by atoms with Crippen molar-refractivity contribution >= 4 is 16.6 Å². The Morgan fingerprint density at radius 3 is 2.62 bits per heavy atom. The quantitative estimate of drug-likeness (QED) is 0.937. The maximum absolute atomic E-state index is 4.92. The standard InChI is InChI=1S/C18H25N3/c1-4-5-15-12-17(21-8-6-19-7-9-21)16-11-13(2)10-14(3)18(16)20-15/h10-12,19H,4-9H2,1-3H3. The molecule has 1 saturated heterocycles. The Balaban J connectivity index is 2.18. The average molecular weight is 283 g/mol. The van der Waals surface area contributed by atoms with Crippen LogP contribution in [0.1, 0.15) is 30.2 Å². The number of aromatic nitrogens is 1. The number of rotatable bonds is 3. The van der Waals surface area contributed by atoms with E-state index < -0.39 is 0 Å². The van der Waals surface area contributed by atoms with Gasteiger partial charge in [0.1, 0.15) is 0 Å². The number of hydrogen-bond acceptors (Lipinski definition) is 3. The van der Waals surface area contributed by atoms with Crippen molar-refractivity contribution in [3.8, 4) is 0 Å². The fourth-order valence-corrected chi connectivity index (χ4v) is 3.27. The minimum Gasteiger partial charge on any atom is -0.368 e. The fraction of sp³-hybridized carbons (Fsp3) is 0.500. The van der Waals surface area contributed by atoms with Gasteiger partial charge < -0.3 is 10.2 Å².